The average molecular weight is 417 g/mol. The fraction of sp³-hybridized carbons (Fsp3) is 0.278. The van der Waals surface area contributed by atoms with Crippen molar-refractivity contribution in [2.75, 3.05) is 0 Å². The molecule has 0 saturated heterocycles. The van der Waals surface area contributed by atoms with E-state index >= 15 is 0 Å². The minimum atomic E-state index is -4.50. The number of carboxylic acid groups (broad SMARTS) is 1. The topological polar surface area (TPSA) is 46.5 Å². The van der Waals surface area contributed by atoms with Crippen LogP contribution in [-0.4, -0.2) is 17.3 Å². The van der Waals surface area contributed by atoms with Crippen LogP contribution < -0.4 is 4.74 Å². The van der Waals surface area contributed by atoms with Gasteiger partial charge >= 0.3 is 12.1 Å². The van der Waals surface area contributed by atoms with Gasteiger partial charge in [-0.25, -0.2) is 0 Å². The molecule has 0 aliphatic rings. The first-order valence-corrected chi connectivity index (χ1v) is 8.29. The van der Waals surface area contributed by atoms with Crippen LogP contribution in [0.2, 0.25) is 0 Å². The van der Waals surface area contributed by atoms with Crippen molar-refractivity contribution < 1.29 is 27.8 Å². The van der Waals surface area contributed by atoms with Crippen molar-refractivity contribution in [3.63, 3.8) is 0 Å². The molecule has 0 aliphatic carbocycles. The van der Waals surface area contributed by atoms with Gasteiger partial charge in [0, 0.05) is 16.5 Å². The molecule has 1 N–H and O–H groups in total. The lowest BCUT2D eigenvalue weighted by atomic mass is 9.93. The zero-order valence-electron chi connectivity index (χ0n) is 13.3. The second-order valence-corrected chi connectivity index (χ2v) is 6.42. The SMILES string of the molecule is Cc1c(Br)cccc1Oc1ccc([C@H](CCC(=O)O)C(F)(F)F)cc1. The lowest BCUT2D eigenvalue weighted by molar-refractivity contribution is -0.154. The molecular formula is C18H16BrF3O3. The summed E-state index contributed by atoms with van der Waals surface area (Å²) in [5, 5.41) is 8.64. The lowest BCUT2D eigenvalue weighted by Gasteiger charge is -2.20. The predicted octanol–water partition coefficient (Wildman–Crippen LogP) is 6.06. The number of alkyl halides is 3. The molecule has 25 heavy (non-hydrogen) atoms. The lowest BCUT2D eigenvalue weighted by Crippen LogP contribution is -2.21. The molecule has 0 bridgehead atoms. The van der Waals surface area contributed by atoms with Crippen LogP contribution in [0.5, 0.6) is 11.5 Å². The van der Waals surface area contributed by atoms with Gasteiger partial charge in [0.15, 0.2) is 0 Å². The summed E-state index contributed by atoms with van der Waals surface area (Å²) < 4.78 is 46.1. The molecule has 0 radical (unpaired) electrons. The Morgan fingerprint density at radius 2 is 1.84 bits per heavy atom. The third-order valence-corrected chi connectivity index (χ3v) is 4.63. The van der Waals surface area contributed by atoms with Gasteiger partial charge < -0.3 is 9.84 Å². The Bertz CT molecular complexity index is 742. The van der Waals surface area contributed by atoms with Gasteiger partial charge in [-0.1, -0.05) is 34.1 Å². The average Bonchev–Trinajstić information content (AvgIpc) is 2.52. The molecule has 1 atom stereocenters. The van der Waals surface area contributed by atoms with Gasteiger partial charge in [0.05, 0.1) is 5.92 Å². The van der Waals surface area contributed by atoms with Gasteiger partial charge in [0.1, 0.15) is 11.5 Å². The molecule has 0 heterocycles. The molecule has 0 saturated carbocycles. The summed E-state index contributed by atoms with van der Waals surface area (Å²) in [6, 6.07) is 11.0. The predicted molar refractivity (Wildman–Crippen MR) is 91.1 cm³/mol. The minimum Gasteiger partial charge on any atom is -0.481 e. The maximum Gasteiger partial charge on any atom is 0.395 e. The molecule has 2 aromatic carbocycles. The van der Waals surface area contributed by atoms with Crippen molar-refractivity contribution in [1.82, 2.24) is 0 Å². The Morgan fingerprint density at radius 3 is 2.40 bits per heavy atom. The zero-order valence-corrected chi connectivity index (χ0v) is 14.9. The number of hydrogen-bond donors (Lipinski definition) is 1. The molecule has 0 aliphatic heterocycles. The highest BCUT2D eigenvalue weighted by Crippen LogP contribution is 2.39. The molecule has 0 amide bonds. The van der Waals surface area contributed by atoms with Crippen LogP contribution >= 0.6 is 15.9 Å². The number of hydrogen-bond acceptors (Lipinski definition) is 2. The second-order valence-electron chi connectivity index (χ2n) is 5.56. The fourth-order valence-corrected chi connectivity index (χ4v) is 2.73. The van der Waals surface area contributed by atoms with Crippen LogP contribution in [0.3, 0.4) is 0 Å². The Kier molecular flexibility index (Phi) is 6.11. The molecular weight excluding hydrogens is 401 g/mol. The van der Waals surface area contributed by atoms with E-state index in [1.807, 2.05) is 13.0 Å². The molecule has 2 rings (SSSR count). The van der Waals surface area contributed by atoms with Crippen LogP contribution in [0, 0.1) is 6.92 Å². The summed E-state index contributed by atoms with van der Waals surface area (Å²) in [6.45, 7) is 1.86. The van der Waals surface area contributed by atoms with Crippen molar-refractivity contribution >= 4 is 21.9 Å². The van der Waals surface area contributed by atoms with E-state index in [-0.39, 0.29) is 5.56 Å². The van der Waals surface area contributed by atoms with E-state index in [0.717, 1.165) is 10.0 Å². The maximum atomic E-state index is 13.2. The number of carbonyl (C=O) groups is 1. The molecule has 0 spiro atoms. The van der Waals surface area contributed by atoms with Crippen molar-refractivity contribution in [3.05, 3.63) is 58.1 Å². The first kappa shape index (κ1) is 19.3. The summed E-state index contributed by atoms with van der Waals surface area (Å²) in [4.78, 5) is 10.6. The van der Waals surface area contributed by atoms with Gasteiger partial charge in [-0.2, -0.15) is 13.2 Å². The van der Waals surface area contributed by atoms with Gasteiger partial charge in [0.2, 0.25) is 0 Å². The van der Waals surface area contributed by atoms with E-state index in [1.54, 1.807) is 12.1 Å². The summed E-state index contributed by atoms with van der Waals surface area (Å²) in [7, 11) is 0. The van der Waals surface area contributed by atoms with Crippen molar-refractivity contribution in [2.24, 2.45) is 0 Å². The number of aliphatic carboxylic acids is 1. The number of rotatable bonds is 6. The Labute approximate surface area is 151 Å². The highest BCUT2D eigenvalue weighted by molar-refractivity contribution is 9.10. The Morgan fingerprint density at radius 1 is 1.20 bits per heavy atom. The van der Waals surface area contributed by atoms with E-state index in [0.29, 0.717) is 11.5 Å². The fourth-order valence-electron chi connectivity index (χ4n) is 2.38. The highest BCUT2D eigenvalue weighted by atomic mass is 79.9. The van der Waals surface area contributed by atoms with Crippen LogP contribution in [-0.2, 0) is 4.79 Å². The second kappa shape index (κ2) is 7.91. The highest BCUT2D eigenvalue weighted by Gasteiger charge is 2.40. The van der Waals surface area contributed by atoms with E-state index < -0.39 is 30.9 Å². The van der Waals surface area contributed by atoms with E-state index in [4.69, 9.17) is 9.84 Å². The van der Waals surface area contributed by atoms with Crippen molar-refractivity contribution in [2.45, 2.75) is 31.9 Å². The van der Waals surface area contributed by atoms with Crippen LogP contribution in [0.15, 0.2) is 46.9 Å². The van der Waals surface area contributed by atoms with Crippen molar-refractivity contribution in [3.8, 4) is 11.5 Å². The normalized spacial score (nSPS) is 12.7. The van der Waals surface area contributed by atoms with Gasteiger partial charge in [-0.05, 0) is 43.2 Å². The van der Waals surface area contributed by atoms with E-state index in [1.165, 1.54) is 24.3 Å². The zero-order chi connectivity index (χ0) is 18.6. The van der Waals surface area contributed by atoms with Crippen molar-refractivity contribution in [1.29, 1.82) is 0 Å². The molecule has 0 aromatic heterocycles. The minimum absolute atomic E-state index is 0.0204. The number of benzene rings is 2. The smallest absolute Gasteiger partial charge is 0.395 e. The van der Waals surface area contributed by atoms with Gasteiger partial charge in [-0.15, -0.1) is 0 Å². The third kappa shape index (κ3) is 5.22. The number of carboxylic acids is 1. The Balaban J connectivity index is 2.19. The van der Waals surface area contributed by atoms with Gasteiger partial charge in [-0.3, -0.25) is 4.79 Å². The third-order valence-electron chi connectivity index (χ3n) is 3.77. The summed E-state index contributed by atoms with van der Waals surface area (Å²) in [6.07, 6.45) is -5.54. The number of halogens is 4. The first-order chi connectivity index (χ1) is 11.7. The molecule has 2 aromatic rings. The van der Waals surface area contributed by atoms with Crippen LogP contribution in [0.25, 0.3) is 0 Å². The summed E-state index contributed by atoms with van der Waals surface area (Å²) >= 11 is 3.39. The monoisotopic (exact) mass is 416 g/mol. The molecule has 7 heteroatoms. The standard InChI is InChI=1S/C18H16BrF3O3/c1-11-15(19)3-2-4-16(11)25-13-7-5-12(6-8-13)14(18(20,21)22)9-10-17(23)24/h2-8,14H,9-10H2,1H3,(H,23,24)/t14-/m0/s1. The maximum absolute atomic E-state index is 13.2. The first-order valence-electron chi connectivity index (χ1n) is 7.50. The molecule has 134 valence electrons. The summed E-state index contributed by atoms with van der Waals surface area (Å²) in [5.74, 6) is -2.06. The molecule has 0 fully saturated rings. The van der Waals surface area contributed by atoms with E-state index in [2.05, 4.69) is 15.9 Å². The van der Waals surface area contributed by atoms with Crippen LogP contribution in [0.4, 0.5) is 13.2 Å². The number of ether oxygens (including phenoxy) is 1. The quantitative estimate of drug-likeness (QED) is 0.622. The van der Waals surface area contributed by atoms with E-state index in [9.17, 15) is 18.0 Å². The molecule has 3 nitrogen and oxygen atoms in total. The Hall–Kier alpha value is -2.02. The summed E-state index contributed by atoms with van der Waals surface area (Å²) in [5.41, 5.74) is 0.897. The van der Waals surface area contributed by atoms with Crippen LogP contribution in [0.1, 0.15) is 29.9 Å². The largest absolute Gasteiger partial charge is 0.481 e. The van der Waals surface area contributed by atoms with Gasteiger partial charge in [0.25, 0.3) is 0 Å². The molecule has 0 unspecified atom stereocenters.